The third-order valence-corrected chi connectivity index (χ3v) is 8.37. The zero-order chi connectivity index (χ0) is 20.6. The molecule has 0 saturated heterocycles. The summed E-state index contributed by atoms with van der Waals surface area (Å²) < 4.78 is 0. The van der Waals surface area contributed by atoms with Gasteiger partial charge in [0.15, 0.2) is 17.2 Å². The molecule has 4 rings (SSSR count). The van der Waals surface area contributed by atoms with Crippen LogP contribution in [0.25, 0.3) is 0 Å². The van der Waals surface area contributed by atoms with E-state index in [0.29, 0.717) is 6.42 Å². The summed E-state index contributed by atoms with van der Waals surface area (Å²) in [6, 6.07) is 0. The van der Waals surface area contributed by atoms with Gasteiger partial charge in [0, 0.05) is 23.2 Å². The van der Waals surface area contributed by atoms with Crippen molar-refractivity contribution in [1.82, 2.24) is 0 Å². The Bertz CT molecular complexity index is 827. The van der Waals surface area contributed by atoms with Crippen LogP contribution in [0.3, 0.4) is 0 Å². The lowest BCUT2D eigenvalue weighted by Crippen LogP contribution is -2.63. The van der Waals surface area contributed by atoms with E-state index >= 15 is 0 Å². The van der Waals surface area contributed by atoms with Crippen LogP contribution in [-0.2, 0) is 14.4 Å². The molecule has 152 valence electrons. The summed E-state index contributed by atoms with van der Waals surface area (Å²) in [7, 11) is 0. The van der Waals surface area contributed by atoms with Gasteiger partial charge in [-0.25, -0.2) is 0 Å². The molecule has 0 aromatic rings. The van der Waals surface area contributed by atoms with Crippen molar-refractivity contribution in [2.45, 2.75) is 51.7 Å². The van der Waals surface area contributed by atoms with Gasteiger partial charge in [0.05, 0.1) is 6.10 Å². The average Bonchev–Trinajstić information content (AvgIpc) is 2.83. The van der Waals surface area contributed by atoms with Crippen molar-refractivity contribution in [2.75, 3.05) is 6.61 Å². The van der Waals surface area contributed by atoms with Crippen LogP contribution in [0.15, 0.2) is 23.8 Å². The number of hydrogen-bond acceptors (Lipinski definition) is 6. The number of allylic oxidation sites excluding steroid dienone is 4. The van der Waals surface area contributed by atoms with Gasteiger partial charge in [-0.2, -0.15) is 0 Å². The maximum absolute atomic E-state index is 13.4. The van der Waals surface area contributed by atoms with E-state index in [9.17, 15) is 29.7 Å². The van der Waals surface area contributed by atoms with E-state index in [1.165, 1.54) is 6.08 Å². The lowest BCUT2D eigenvalue weighted by atomic mass is 9.45. The minimum atomic E-state index is -2.12. The molecule has 0 heterocycles. The fourth-order valence-corrected chi connectivity index (χ4v) is 7.09. The van der Waals surface area contributed by atoms with Crippen molar-refractivity contribution >= 4 is 17.3 Å². The molecule has 3 fully saturated rings. The third kappa shape index (κ3) is 2.17. The standard InChI is InChI=1S/C22H28O6/c1-11-6-13-15-8-17(26)22(28,18(27)10-23)21(15,3)9-16(25)19(13)20(2)5-4-12(24)7-14(11)20/h4-5,7,11,13,15,17,19,23,26,28H,6,8-10H2,1-3H3/t11-,13-,15-,17-,19+,20-,21-,22-/m0/s1. The molecule has 3 saturated carbocycles. The summed E-state index contributed by atoms with van der Waals surface area (Å²) in [5.74, 6) is -1.55. The molecule has 0 unspecified atom stereocenters. The zero-order valence-electron chi connectivity index (χ0n) is 16.5. The molecule has 0 aromatic heterocycles. The van der Waals surface area contributed by atoms with Gasteiger partial charge in [-0.05, 0) is 42.7 Å². The fourth-order valence-electron chi connectivity index (χ4n) is 7.09. The van der Waals surface area contributed by atoms with Crippen LogP contribution in [0.2, 0.25) is 0 Å². The number of aliphatic hydroxyl groups is 3. The Morgan fingerprint density at radius 2 is 1.93 bits per heavy atom. The van der Waals surface area contributed by atoms with Crippen molar-refractivity contribution in [2.24, 2.45) is 34.5 Å². The lowest BCUT2D eigenvalue weighted by molar-refractivity contribution is -0.180. The zero-order valence-corrected chi connectivity index (χ0v) is 16.5. The van der Waals surface area contributed by atoms with Crippen LogP contribution in [-0.4, -0.2) is 51.0 Å². The van der Waals surface area contributed by atoms with Crippen LogP contribution < -0.4 is 0 Å². The third-order valence-electron chi connectivity index (χ3n) is 8.37. The van der Waals surface area contributed by atoms with Gasteiger partial charge in [-0.3, -0.25) is 14.4 Å². The Labute approximate surface area is 164 Å². The number of hydrogen-bond donors (Lipinski definition) is 3. The van der Waals surface area contributed by atoms with E-state index in [2.05, 4.69) is 0 Å². The van der Waals surface area contributed by atoms with Gasteiger partial charge in [-0.15, -0.1) is 0 Å². The molecule has 3 N–H and O–H groups in total. The quantitative estimate of drug-likeness (QED) is 0.650. The molecule has 28 heavy (non-hydrogen) atoms. The van der Waals surface area contributed by atoms with Crippen LogP contribution in [0.1, 0.15) is 40.0 Å². The highest BCUT2D eigenvalue weighted by Gasteiger charge is 2.71. The van der Waals surface area contributed by atoms with Crippen LogP contribution in [0.4, 0.5) is 0 Å². The first-order valence-corrected chi connectivity index (χ1v) is 10.0. The van der Waals surface area contributed by atoms with E-state index in [1.54, 1.807) is 13.0 Å². The van der Waals surface area contributed by atoms with Crippen molar-refractivity contribution in [3.05, 3.63) is 23.8 Å². The predicted octanol–water partition coefficient (Wildman–Crippen LogP) is 0.983. The summed E-state index contributed by atoms with van der Waals surface area (Å²) >= 11 is 0. The first-order valence-electron chi connectivity index (χ1n) is 10.0. The largest absolute Gasteiger partial charge is 0.390 e. The second-order valence-corrected chi connectivity index (χ2v) is 9.66. The molecule has 8 atom stereocenters. The molecule has 0 spiro atoms. The Morgan fingerprint density at radius 3 is 2.57 bits per heavy atom. The van der Waals surface area contributed by atoms with Crippen molar-refractivity contribution in [3.8, 4) is 0 Å². The van der Waals surface area contributed by atoms with Gasteiger partial charge in [-0.1, -0.05) is 32.4 Å². The maximum atomic E-state index is 13.4. The van der Waals surface area contributed by atoms with Crippen molar-refractivity contribution in [3.63, 3.8) is 0 Å². The second kappa shape index (κ2) is 5.94. The first-order chi connectivity index (χ1) is 13.0. The summed E-state index contributed by atoms with van der Waals surface area (Å²) in [6.07, 6.45) is 4.56. The Balaban J connectivity index is 1.82. The Hall–Kier alpha value is -1.63. The second-order valence-electron chi connectivity index (χ2n) is 9.66. The highest BCUT2D eigenvalue weighted by molar-refractivity contribution is 6.02. The summed E-state index contributed by atoms with van der Waals surface area (Å²) in [5.41, 5.74) is -2.83. The van der Waals surface area contributed by atoms with Gasteiger partial charge in [0.2, 0.25) is 0 Å². The molecular formula is C22H28O6. The summed E-state index contributed by atoms with van der Waals surface area (Å²) in [5, 5.41) is 31.3. The molecule has 6 heteroatoms. The number of ketones is 3. The van der Waals surface area contributed by atoms with E-state index in [4.69, 9.17) is 0 Å². The summed E-state index contributed by atoms with van der Waals surface area (Å²) in [6.45, 7) is 4.86. The lowest BCUT2D eigenvalue weighted by Gasteiger charge is -2.58. The number of aliphatic hydroxyl groups excluding tert-OH is 2. The molecule has 0 radical (unpaired) electrons. The minimum absolute atomic E-state index is 0.0306. The SMILES string of the molecule is C[C@H]1C[C@@H]2[C@H](C(=O)C[C@@]3(C)[C@H]2C[C@H](O)[C@]3(O)C(=O)CO)[C@@]2(C)C=CC(=O)C=C12. The van der Waals surface area contributed by atoms with Crippen molar-refractivity contribution < 1.29 is 29.7 Å². The van der Waals surface area contributed by atoms with Crippen LogP contribution >= 0.6 is 0 Å². The topological polar surface area (TPSA) is 112 Å². The van der Waals surface area contributed by atoms with Crippen LogP contribution in [0.5, 0.6) is 0 Å². The molecule has 0 bridgehead atoms. The first kappa shape index (κ1) is 19.7. The number of carbonyl (C=O) groups excluding carboxylic acids is 3. The van der Waals surface area contributed by atoms with Crippen molar-refractivity contribution in [1.29, 1.82) is 0 Å². The number of Topliss-reactive ketones (excluding diaryl/α,β-unsaturated/α-hetero) is 2. The minimum Gasteiger partial charge on any atom is -0.390 e. The van der Waals surface area contributed by atoms with Gasteiger partial charge < -0.3 is 15.3 Å². The molecule has 6 nitrogen and oxygen atoms in total. The smallest absolute Gasteiger partial charge is 0.192 e. The van der Waals surface area contributed by atoms with E-state index in [0.717, 1.165) is 5.57 Å². The average molecular weight is 388 g/mol. The predicted molar refractivity (Wildman–Crippen MR) is 100.0 cm³/mol. The number of carbonyl (C=O) groups is 3. The molecular weight excluding hydrogens is 360 g/mol. The van der Waals surface area contributed by atoms with E-state index in [1.807, 2.05) is 19.9 Å². The molecule has 0 aromatic carbocycles. The van der Waals surface area contributed by atoms with Gasteiger partial charge in [0.25, 0.3) is 0 Å². The van der Waals surface area contributed by atoms with E-state index in [-0.39, 0.29) is 48.1 Å². The number of rotatable bonds is 2. The van der Waals surface area contributed by atoms with Gasteiger partial charge >= 0.3 is 0 Å². The maximum Gasteiger partial charge on any atom is 0.192 e. The highest BCUT2D eigenvalue weighted by atomic mass is 16.4. The molecule has 4 aliphatic rings. The Morgan fingerprint density at radius 1 is 1.25 bits per heavy atom. The number of fused-ring (bicyclic) bond motifs is 5. The normalized spacial score (nSPS) is 49.9. The highest BCUT2D eigenvalue weighted by Crippen LogP contribution is 2.66. The van der Waals surface area contributed by atoms with Crippen LogP contribution in [0, 0.1) is 34.5 Å². The Kier molecular flexibility index (Phi) is 4.17. The van der Waals surface area contributed by atoms with E-state index < -0.39 is 34.9 Å². The molecule has 0 aliphatic heterocycles. The fraction of sp³-hybridized carbons (Fsp3) is 0.682. The molecule has 0 amide bonds. The van der Waals surface area contributed by atoms with Gasteiger partial charge in [0.1, 0.15) is 12.4 Å². The monoisotopic (exact) mass is 388 g/mol. The summed E-state index contributed by atoms with van der Waals surface area (Å²) in [4.78, 5) is 37.8. The molecule has 4 aliphatic carbocycles.